The molecule has 3 amide bonds. The number of fused-ring (bicyclic) bond motifs is 1. The van der Waals surface area contributed by atoms with Gasteiger partial charge in [-0.3, -0.25) is 4.79 Å². The first-order valence-corrected chi connectivity index (χ1v) is 11.0. The van der Waals surface area contributed by atoms with Crippen molar-refractivity contribution in [3.8, 4) is 17.6 Å². The Morgan fingerprint density at radius 1 is 1.27 bits per heavy atom. The number of nitrogens with zero attached hydrogens (tertiary/aromatic N) is 4. The number of urea groups is 1. The Morgan fingerprint density at radius 3 is 2.76 bits per heavy atom. The summed E-state index contributed by atoms with van der Waals surface area (Å²) in [7, 11) is 0. The maximum Gasteiger partial charge on any atom is 0.319 e. The molecule has 1 saturated carbocycles. The van der Waals surface area contributed by atoms with Gasteiger partial charge in [0.2, 0.25) is 0 Å². The predicted molar refractivity (Wildman–Crippen MR) is 122 cm³/mol. The summed E-state index contributed by atoms with van der Waals surface area (Å²) in [5.74, 6) is 0.765. The number of carbonyl (C=O) groups excluding carboxylic acids is 2. The molecule has 9 nitrogen and oxygen atoms in total. The molecule has 3 heterocycles. The number of nitriles is 1. The van der Waals surface area contributed by atoms with E-state index >= 15 is 0 Å². The van der Waals surface area contributed by atoms with Crippen molar-refractivity contribution in [1.82, 2.24) is 19.8 Å². The Bertz CT molecular complexity index is 1300. The molecule has 10 heteroatoms. The average molecular weight is 465 g/mol. The Hall–Kier alpha value is -3.77. The van der Waals surface area contributed by atoms with E-state index in [0.717, 1.165) is 18.4 Å². The van der Waals surface area contributed by atoms with Crippen LogP contribution in [0.25, 0.3) is 5.52 Å². The van der Waals surface area contributed by atoms with Gasteiger partial charge in [-0.15, -0.1) is 0 Å². The fourth-order valence-electron chi connectivity index (χ4n) is 3.78. The second-order valence-electron chi connectivity index (χ2n) is 8.31. The van der Waals surface area contributed by atoms with Crippen LogP contribution in [0.1, 0.15) is 28.8 Å². The lowest BCUT2D eigenvalue weighted by atomic mass is 10.0. The number of aromatic nitrogens is 2. The van der Waals surface area contributed by atoms with Gasteiger partial charge in [0.1, 0.15) is 11.3 Å². The summed E-state index contributed by atoms with van der Waals surface area (Å²) >= 11 is 6.35. The van der Waals surface area contributed by atoms with Gasteiger partial charge >= 0.3 is 6.03 Å². The molecule has 5 rings (SSSR count). The fraction of sp³-hybridized carbons (Fsp3) is 0.304. The molecule has 2 N–H and O–H groups in total. The zero-order valence-corrected chi connectivity index (χ0v) is 18.6. The maximum absolute atomic E-state index is 12.9. The first-order valence-electron chi connectivity index (χ1n) is 10.6. The van der Waals surface area contributed by atoms with Crippen molar-refractivity contribution < 1.29 is 14.3 Å². The number of benzene rings is 1. The van der Waals surface area contributed by atoms with E-state index in [0.29, 0.717) is 46.4 Å². The van der Waals surface area contributed by atoms with Crippen LogP contribution in [0.3, 0.4) is 0 Å². The highest BCUT2D eigenvalue weighted by Gasteiger charge is 2.33. The standard InChI is InChI=1S/C23H21ClN6O3/c1-13-17(22(31)29-10-14(9-25)11-29)12-30-21(13)20(6-7-26-30)33-16-4-5-19(18(24)8-16)28-23(32)27-15-2-3-15/h4-8,12,14-15H,2-3,10-11H2,1H3,(H2,27,28,32). The number of carbonyl (C=O) groups is 2. The van der Waals surface area contributed by atoms with Crippen molar-refractivity contribution in [1.29, 1.82) is 5.26 Å². The van der Waals surface area contributed by atoms with Crippen molar-refractivity contribution in [3.63, 3.8) is 0 Å². The smallest absolute Gasteiger partial charge is 0.319 e. The summed E-state index contributed by atoms with van der Waals surface area (Å²) in [4.78, 5) is 26.5. The number of hydrogen-bond donors (Lipinski definition) is 2. The summed E-state index contributed by atoms with van der Waals surface area (Å²) in [5, 5.41) is 19.2. The van der Waals surface area contributed by atoms with E-state index in [1.807, 2.05) is 6.92 Å². The van der Waals surface area contributed by atoms with E-state index in [9.17, 15) is 9.59 Å². The molecule has 0 unspecified atom stereocenters. The van der Waals surface area contributed by atoms with Crippen molar-refractivity contribution in [2.75, 3.05) is 18.4 Å². The van der Waals surface area contributed by atoms with Crippen molar-refractivity contribution in [2.45, 2.75) is 25.8 Å². The van der Waals surface area contributed by atoms with Crippen LogP contribution in [0.5, 0.6) is 11.5 Å². The average Bonchev–Trinajstić information content (AvgIpc) is 3.50. The molecule has 1 aliphatic heterocycles. The van der Waals surface area contributed by atoms with Crippen LogP contribution in [0, 0.1) is 24.2 Å². The quantitative estimate of drug-likeness (QED) is 0.593. The van der Waals surface area contributed by atoms with Crippen molar-refractivity contribution in [3.05, 3.63) is 52.8 Å². The normalized spacial score (nSPS) is 15.6. The molecular weight excluding hydrogens is 444 g/mol. The van der Waals surface area contributed by atoms with E-state index in [-0.39, 0.29) is 23.9 Å². The zero-order valence-electron chi connectivity index (χ0n) is 17.8. The van der Waals surface area contributed by atoms with Crippen LogP contribution in [-0.2, 0) is 0 Å². The van der Waals surface area contributed by atoms with Crippen LogP contribution >= 0.6 is 11.6 Å². The maximum atomic E-state index is 12.9. The second kappa shape index (κ2) is 8.30. The minimum atomic E-state index is -0.284. The van der Waals surface area contributed by atoms with Crippen LogP contribution in [0.15, 0.2) is 36.7 Å². The molecule has 0 spiro atoms. The lowest BCUT2D eigenvalue weighted by molar-refractivity contribution is 0.0576. The number of rotatable bonds is 5. The molecule has 3 aromatic rings. The van der Waals surface area contributed by atoms with Gasteiger partial charge in [-0.05, 0) is 37.5 Å². The molecule has 0 radical (unpaired) electrons. The first kappa shape index (κ1) is 21.1. The number of aryl methyl sites for hydroxylation is 1. The second-order valence-corrected chi connectivity index (χ2v) is 8.72. The lowest BCUT2D eigenvalue weighted by Crippen LogP contribution is -2.49. The van der Waals surface area contributed by atoms with Gasteiger partial charge in [0.25, 0.3) is 5.91 Å². The summed E-state index contributed by atoms with van der Waals surface area (Å²) < 4.78 is 7.68. The predicted octanol–water partition coefficient (Wildman–Crippen LogP) is 3.97. The van der Waals surface area contributed by atoms with Crippen LogP contribution in [0.2, 0.25) is 5.02 Å². The Kier molecular flexibility index (Phi) is 5.30. The minimum absolute atomic E-state index is 0.106. The van der Waals surface area contributed by atoms with Gasteiger partial charge in [-0.1, -0.05) is 11.6 Å². The molecule has 0 bridgehead atoms. The van der Waals surface area contributed by atoms with Crippen molar-refractivity contribution in [2.24, 2.45) is 5.92 Å². The van der Waals surface area contributed by atoms with E-state index < -0.39 is 0 Å². The third-order valence-electron chi connectivity index (χ3n) is 5.80. The van der Waals surface area contributed by atoms with Gasteiger partial charge in [0.05, 0.1) is 34.5 Å². The zero-order chi connectivity index (χ0) is 23.1. The molecule has 1 saturated heterocycles. The molecule has 2 aromatic heterocycles. The van der Waals surface area contributed by atoms with Gasteiger partial charge in [-0.2, -0.15) is 10.4 Å². The molecule has 0 atom stereocenters. The molecule has 168 valence electrons. The molecule has 2 fully saturated rings. The van der Waals surface area contributed by atoms with Gasteiger partial charge in [0, 0.05) is 37.5 Å². The van der Waals surface area contributed by atoms with E-state index in [1.165, 1.54) is 0 Å². The van der Waals surface area contributed by atoms with Crippen LogP contribution in [0.4, 0.5) is 10.5 Å². The largest absolute Gasteiger partial charge is 0.455 e. The fourth-order valence-corrected chi connectivity index (χ4v) is 3.99. The van der Waals surface area contributed by atoms with Crippen molar-refractivity contribution >= 4 is 34.7 Å². The highest BCUT2D eigenvalue weighted by molar-refractivity contribution is 6.33. The third-order valence-corrected chi connectivity index (χ3v) is 6.11. The number of hydrogen-bond acceptors (Lipinski definition) is 5. The molecule has 1 aromatic carbocycles. The summed E-state index contributed by atoms with van der Waals surface area (Å²) in [6.07, 6.45) is 5.27. The topological polar surface area (TPSA) is 112 Å². The minimum Gasteiger partial charge on any atom is -0.455 e. The third kappa shape index (κ3) is 4.17. The number of ether oxygens (including phenoxy) is 1. The van der Waals surface area contributed by atoms with Crippen LogP contribution in [-0.4, -0.2) is 45.6 Å². The van der Waals surface area contributed by atoms with Crippen LogP contribution < -0.4 is 15.4 Å². The SMILES string of the molecule is Cc1c(C(=O)N2CC(C#N)C2)cn2nccc(Oc3ccc(NC(=O)NC4CC4)c(Cl)c3)c12. The summed E-state index contributed by atoms with van der Waals surface area (Å²) in [6, 6.07) is 8.87. The van der Waals surface area contributed by atoms with Gasteiger partial charge < -0.3 is 20.3 Å². The molecule has 33 heavy (non-hydrogen) atoms. The Labute approximate surface area is 194 Å². The lowest BCUT2D eigenvalue weighted by Gasteiger charge is -2.35. The van der Waals surface area contributed by atoms with E-state index in [2.05, 4.69) is 21.8 Å². The first-order chi connectivity index (χ1) is 15.9. The highest BCUT2D eigenvalue weighted by Crippen LogP contribution is 2.34. The Balaban J connectivity index is 1.36. The van der Waals surface area contributed by atoms with E-state index in [1.54, 1.807) is 46.1 Å². The number of likely N-dealkylation sites (tertiary alicyclic amines) is 1. The summed E-state index contributed by atoms with van der Waals surface area (Å²) in [6.45, 7) is 2.72. The molecule has 2 aliphatic rings. The number of amides is 3. The number of anilines is 1. The van der Waals surface area contributed by atoms with Gasteiger partial charge in [-0.25, -0.2) is 9.31 Å². The summed E-state index contributed by atoms with van der Waals surface area (Å²) in [5.41, 5.74) is 2.41. The number of nitrogens with one attached hydrogen (secondary N) is 2. The monoisotopic (exact) mass is 464 g/mol. The molecule has 1 aliphatic carbocycles. The number of halogens is 1. The Morgan fingerprint density at radius 2 is 2.06 bits per heavy atom. The van der Waals surface area contributed by atoms with E-state index in [4.69, 9.17) is 21.6 Å². The molecular formula is C23H21ClN6O3. The van der Waals surface area contributed by atoms with Gasteiger partial charge in [0.15, 0.2) is 5.75 Å². The highest BCUT2D eigenvalue weighted by atomic mass is 35.5.